The lowest BCUT2D eigenvalue weighted by atomic mass is 9.96. The number of nitrogens with zero attached hydrogens (tertiary/aromatic N) is 2. The fourth-order valence-electron chi connectivity index (χ4n) is 4.26. The number of piperazine rings is 1. The first-order valence-electron chi connectivity index (χ1n) is 13.1. The molecule has 1 heterocycles. The van der Waals surface area contributed by atoms with Gasteiger partial charge in [0, 0.05) is 32.7 Å². The molecule has 4 N–H and O–H groups in total. The van der Waals surface area contributed by atoms with E-state index in [2.05, 4.69) is 5.32 Å². The van der Waals surface area contributed by atoms with Crippen molar-refractivity contribution in [3.05, 3.63) is 65.5 Å². The van der Waals surface area contributed by atoms with Crippen LogP contribution in [0, 0.1) is 5.41 Å². The Bertz CT molecular complexity index is 1200. The van der Waals surface area contributed by atoms with Crippen molar-refractivity contribution < 1.29 is 40.7 Å². The number of allylic oxidation sites excluding steroid dienone is 4. The van der Waals surface area contributed by atoms with E-state index >= 15 is 0 Å². The molecule has 0 aromatic heterocycles. The van der Waals surface area contributed by atoms with Crippen LogP contribution in [-0.4, -0.2) is 71.8 Å². The van der Waals surface area contributed by atoms with Gasteiger partial charge in [-0.2, -0.15) is 26.3 Å². The average Bonchev–Trinajstić information content (AvgIpc) is 2.93. The minimum atomic E-state index is -4.87. The van der Waals surface area contributed by atoms with E-state index in [1.54, 1.807) is 17.1 Å². The van der Waals surface area contributed by atoms with Crippen molar-refractivity contribution in [2.75, 3.05) is 32.7 Å². The van der Waals surface area contributed by atoms with Gasteiger partial charge in [0.25, 0.3) is 11.8 Å². The standard InChI is InChI=1S/C28H35F6N5O3/c1-4-6-8-22(35)38-15-17-39(18-16-38)25(41)26(3,42-20-11-9-19(10-12-20)27(29,30)31)13-7-14-37-24(40)23(36)21(5-2)28(32,33)34/h4-6,8-12,36H,7,13-18,35H2,1-3H3,(H,37,40)/b6-4-,21-5+,22-8+,36-23?. The van der Waals surface area contributed by atoms with Gasteiger partial charge in [-0.15, -0.1) is 0 Å². The zero-order valence-corrected chi connectivity index (χ0v) is 23.5. The molecule has 0 saturated carbocycles. The molecule has 0 radical (unpaired) electrons. The number of rotatable bonds is 11. The van der Waals surface area contributed by atoms with Crippen LogP contribution in [0.4, 0.5) is 26.3 Å². The molecule has 1 aromatic rings. The second-order valence-corrected chi connectivity index (χ2v) is 9.69. The number of carbonyl (C=O) groups excluding carboxylic acids is 2. The smallest absolute Gasteiger partial charge is 0.418 e. The molecular formula is C28H35F6N5O3. The number of nitrogens with one attached hydrogen (secondary N) is 2. The van der Waals surface area contributed by atoms with Crippen LogP contribution in [0.1, 0.15) is 39.2 Å². The molecule has 1 aromatic carbocycles. The lowest BCUT2D eigenvalue weighted by Crippen LogP contribution is -2.57. The second kappa shape index (κ2) is 14.3. The number of carbonyl (C=O) groups is 2. The molecule has 1 aliphatic heterocycles. The molecule has 1 saturated heterocycles. The highest BCUT2D eigenvalue weighted by Gasteiger charge is 2.41. The van der Waals surface area contributed by atoms with E-state index in [9.17, 15) is 35.9 Å². The van der Waals surface area contributed by atoms with Gasteiger partial charge in [0.2, 0.25) is 0 Å². The molecular weight excluding hydrogens is 568 g/mol. The van der Waals surface area contributed by atoms with Crippen LogP contribution in [-0.2, 0) is 15.8 Å². The molecule has 1 atom stereocenters. The Morgan fingerprint density at radius 2 is 1.60 bits per heavy atom. The molecule has 42 heavy (non-hydrogen) atoms. The molecule has 0 bridgehead atoms. The van der Waals surface area contributed by atoms with Gasteiger partial charge in [-0.3, -0.25) is 15.0 Å². The summed E-state index contributed by atoms with van der Waals surface area (Å²) < 4.78 is 84.1. The SMILES string of the molecule is C/C=C\C=C(/N)N1CCN(C(=O)C(C)(CCCNC(=O)C(=N)/C(=C\C)C(F)(F)F)Oc2ccc(C(F)(F)F)cc2)CC1. The van der Waals surface area contributed by atoms with Gasteiger partial charge in [0.05, 0.1) is 17.0 Å². The molecule has 2 amide bonds. The van der Waals surface area contributed by atoms with Crippen LogP contribution in [0.5, 0.6) is 5.75 Å². The van der Waals surface area contributed by atoms with Gasteiger partial charge >= 0.3 is 12.4 Å². The van der Waals surface area contributed by atoms with Crippen LogP contribution in [0.2, 0.25) is 0 Å². The maximum Gasteiger partial charge on any atom is 0.418 e. The minimum absolute atomic E-state index is 0.00438. The van der Waals surface area contributed by atoms with Gasteiger partial charge in [-0.05, 0) is 64.0 Å². The summed E-state index contributed by atoms with van der Waals surface area (Å²) in [7, 11) is 0. The maximum absolute atomic E-state index is 13.7. The molecule has 1 fully saturated rings. The fraction of sp³-hybridized carbons (Fsp3) is 0.464. The van der Waals surface area contributed by atoms with Crippen molar-refractivity contribution >= 4 is 17.5 Å². The normalized spacial score (nSPS) is 16.8. The minimum Gasteiger partial charge on any atom is -0.478 e. The Kier molecular flexibility index (Phi) is 11.6. The maximum atomic E-state index is 13.7. The molecule has 0 aliphatic carbocycles. The van der Waals surface area contributed by atoms with Gasteiger partial charge in [-0.25, -0.2) is 0 Å². The van der Waals surface area contributed by atoms with Crippen molar-refractivity contribution in [1.82, 2.24) is 15.1 Å². The third-order valence-corrected chi connectivity index (χ3v) is 6.58. The van der Waals surface area contributed by atoms with Gasteiger partial charge in [0.1, 0.15) is 11.5 Å². The first-order valence-corrected chi connectivity index (χ1v) is 13.1. The van der Waals surface area contributed by atoms with Crippen molar-refractivity contribution in [2.45, 2.75) is 51.6 Å². The topological polar surface area (TPSA) is 112 Å². The first kappa shape index (κ1) is 34.2. The van der Waals surface area contributed by atoms with Crippen molar-refractivity contribution in [3.8, 4) is 5.75 Å². The van der Waals surface area contributed by atoms with E-state index in [0.717, 1.165) is 31.2 Å². The van der Waals surface area contributed by atoms with E-state index in [1.807, 2.05) is 17.9 Å². The molecule has 14 heteroatoms. The zero-order valence-electron chi connectivity index (χ0n) is 23.5. The van der Waals surface area contributed by atoms with Gasteiger partial charge in [0.15, 0.2) is 5.60 Å². The van der Waals surface area contributed by atoms with E-state index < -0.39 is 46.6 Å². The van der Waals surface area contributed by atoms with Crippen LogP contribution >= 0.6 is 0 Å². The molecule has 2 rings (SSSR count). The summed E-state index contributed by atoms with van der Waals surface area (Å²) in [5.41, 5.74) is 0.962. The summed E-state index contributed by atoms with van der Waals surface area (Å²) in [5.74, 6) is -1.16. The summed E-state index contributed by atoms with van der Waals surface area (Å²) in [5, 5.41) is 9.82. The number of halogens is 6. The second-order valence-electron chi connectivity index (χ2n) is 9.69. The predicted molar refractivity (Wildman–Crippen MR) is 145 cm³/mol. The lowest BCUT2D eigenvalue weighted by molar-refractivity contribution is -0.149. The van der Waals surface area contributed by atoms with Gasteiger partial charge in [-0.1, -0.05) is 18.2 Å². The number of nitrogens with two attached hydrogens (primary N) is 1. The third kappa shape index (κ3) is 9.28. The number of alkyl halides is 6. The Hall–Kier alpha value is -3.97. The number of hydrogen-bond acceptors (Lipinski definition) is 6. The lowest BCUT2D eigenvalue weighted by Gasteiger charge is -2.40. The summed E-state index contributed by atoms with van der Waals surface area (Å²) >= 11 is 0. The summed E-state index contributed by atoms with van der Waals surface area (Å²) in [6, 6.07) is 3.84. The Balaban J connectivity index is 2.16. The molecule has 1 unspecified atom stereocenters. The molecule has 232 valence electrons. The summed E-state index contributed by atoms with van der Waals surface area (Å²) in [6.07, 6.45) is -3.47. The Morgan fingerprint density at radius 3 is 2.10 bits per heavy atom. The Morgan fingerprint density at radius 1 is 1.02 bits per heavy atom. The monoisotopic (exact) mass is 603 g/mol. The van der Waals surface area contributed by atoms with E-state index in [1.165, 1.54) is 6.92 Å². The third-order valence-electron chi connectivity index (χ3n) is 6.58. The quantitative estimate of drug-likeness (QED) is 0.146. The Labute approximate surface area is 240 Å². The van der Waals surface area contributed by atoms with Crippen LogP contribution in [0.15, 0.2) is 60.0 Å². The van der Waals surface area contributed by atoms with Crippen LogP contribution < -0.4 is 15.8 Å². The van der Waals surface area contributed by atoms with Crippen molar-refractivity contribution in [1.29, 1.82) is 5.41 Å². The molecule has 0 spiro atoms. The van der Waals surface area contributed by atoms with Gasteiger partial charge < -0.3 is 25.6 Å². The number of ether oxygens (including phenoxy) is 1. The molecule has 1 aliphatic rings. The number of amides is 2. The fourth-order valence-corrected chi connectivity index (χ4v) is 4.26. The van der Waals surface area contributed by atoms with Crippen molar-refractivity contribution in [3.63, 3.8) is 0 Å². The average molecular weight is 604 g/mol. The van der Waals surface area contributed by atoms with Crippen LogP contribution in [0.25, 0.3) is 0 Å². The van der Waals surface area contributed by atoms with E-state index in [4.69, 9.17) is 15.9 Å². The highest BCUT2D eigenvalue weighted by Crippen LogP contribution is 2.32. The van der Waals surface area contributed by atoms with E-state index in [0.29, 0.717) is 25.0 Å². The summed E-state index contributed by atoms with van der Waals surface area (Å²) in [4.78, 5) is 29.3. The first-order chi connectivity index (χ1) is 19.5. The van der Waals surface area contributed by atoms with E-state index in [-0.39, 0.29) is 38.2 Å². The number of hydrogen-bond donors (Lipinski definition) is 3. The van der Waals surface area contributed by atoms with Crippen LogP contribution in [0.3, 0.4) is 0 Å². The molecule has 8 nitrogen and oxygen atoms in total. The largest absolute Gasteiger partial charge is 0.478 e. The highest BCUT2D eigenvalue weighted by atomic mass is 19.4. The summed E-state index contributed by atoms with van der Waals surface area (Å²) in [6.45, 7) is 5.60. The number of benzene rings is 1. The highest BCUT2D eigenvalue weighted by molar-refractivity contribution is 6.44. The zero-order chi connectivity index (χ0) is 31.7. The predicted octanol–water partition coefficient (Wildman–Crippen LogP) is 4.79. The van der Waals surface area contributed by atoms with Crippen molar-refractivity contribution in [2.24, 2.45) is 5.73 Å².